The van der Waals surface area contributed by atoms with Crippen LogP contribution < -0.4 is 15.4 Å². The lowest BCUT2D eigenvalue weighted by Gasteiger charge is -2.29. The topological polar surface area (TPSA) is 63.2 Å². The number of carbonyl (C=O) groups excluding carboxylic acids is 1. The number of carbonyl (C=O) groups is 1. The SMILES string of the molecule is O=C1Nc2ncccc2OC1CC1CCCNC1. The van der Waals surface area contributed by atoms with E-state index in [1.54, 1.807) is 6.20 Å². The molecule has 1 saturated heterocycles. The van der Waals surface area contributed by atoms with E-state index in [2.05, 4.69) is 15.6 Å². The first kappa shape index (κ1) is 11.5. The van der Waals surface area contributed by atoms with E-state index in [0.29, 0.717) is 17.5 Å². The van der Waals surface area contributed by atoms with Crippen LogP contribution in [0.15, 0.2) is 18.3 Å². The zero-order valence-corrected chi connectivity index (χ0v) is 10.2. The first-order valence-corrected chi connectivity index (χ1v) is 6.46. The van der Waals surface area contributed by atoms with Gasteiger partial charge in [0.15, 0.2) is 17.7 Å². The van der Waals surface area contributed by atoms with Gasteiger partial charge >= 0.3 is 0 Å². The third-order valence-corrected chi connectivity index (χ3v) is 3.52. The van der Waals surface area contributed by atoms with Gasteiger partial charge in [0, 0.05) is 6.20 Å². The quantitative estimate of drug-likeness (QED) is 0.823. The Hall–Kier alpha value is -1.62. The van der Waals surface area contributed by atoms with E-state index in [4.69, 9.17) is 4.74 Å². The number of nitrogens with zero attached hydrogens (tertiary/aromatic N) is 1. The van der Waals surface area contributed by atoms with Crippen molar-refractivity contribution >= 4 is 11.7 Å². The number of ether oxygens (including phenoxy) is 1. The summed E-state index contributed by atoms with van der Waals surface area (Å²) in [5.41, 5.74) is 0. The number of piperidine rings is 1. The van der Waals surface area contributed by atoms with Crippen LogP contribution in [-0.4, -0.2) is 30.1 Å². The van der Waals surface area contributed by atoms with Gasteiger partial charge in [0.25, 0.3) is 5.91 Å². The lowest BCUT2D eigenvalue weighted by molar-refractivity contribution is -0.124. The highest BCUT2D eigenvalue weighted by atomic mass is 16.5. The van der Waals surface area contributed by atoms with Crippen LogP contribution in [0.3, 0.4) is 0 Å². The first-order valence-electron chi connectivity index (χ1n) is 6.46. The predicted octanol–water partition coefficient (Wildman–Crippen LogP) is 1.17. The van der Waals surface area contributed by atoms with Crippen molar-refractivity contribution in [1.29, 1.82) is 0 Å². The van der Waals surface area contributed by atoms with Crippen LogP contribution in [0.2, 0.25) is 0 Å². The average Bonchev–Trinajstić information content (AvgIpc) is 2.41. The lowest BCUT2D eigenvalue weighted by atomic mass is 9.93. The molecule has 0 aliphatic carbocycles. The summed E-state index contributed by atoms with van der Waals surface area (Å²) in [5, 5.41) is 6.16. The monoisotopic (exact) mass is 247 g/mol. The highest BCUT2D eigenvalue weighted by Gasteiger charge is 2.30. The number of aromatic nitrogens is 1. The van der Waals surface area contributed by atoms with Crippen molar-refractivity contribution in [3.63, 3.8) is 0 Å². The van der Waals surface area contributed by atoms with Crippen molar-refractivity contribution in [3.8, 4) is 5.75 Å². The van der Waals surface area contributed by atoms with Crippen molar-refractivity contribution in [2.45, 2.75) is 25.4 Å². The highest BCUT2D eigenvalue weighted by Crippen LogP contribution is 2.29. The third-order valence-electron chi connectivity index (χ3n) is 3.52. The fourth-order valence-corrected chi connectivity index (χ4v) is 2.57. The molecular weight excluding hydrogens is 230 g/mol. The summed E-state index contributed by atoms with van der Waals surface area (Å²) in [6.45, 7) is 2.06. The standard InChI is InChI=1S/C13H17N3O2/c17-13-11(7-9-3-1-5-14-8-9)18-10-4-2-6-15-12(10)16-13/h2,4,6,9,11,14H,1,3,5,7-8H2,(H,15,16,17). The van der Waals surface area contributed by atoms with Gasteiger partial charge in [0.2, 0.25) is 0 Å². The van der Waals surface area contributed by atoms with Crippen molar-refractivity contribution in [2.24, 2.45) is 5.92 Å². The van der Waals surface area contributed by atoms with Gasteiger partial charge < -0.3 is 15.4 Å². The Balaban J connectivity index is 1.68. The maximum atomic E-state index is 11.9. The number of hydrogen-bond donors (Lipinski definition) is 2. The minimum atomic E-state index is -0.383. The van der Waals surface area contributed by atoms with E-state index in [-0.39, 0.29) is 12.0 Å². The summed E-state index contributed by atoms with van der Waals surface area (Å²) in [4.78, 5) is 16.0. The Morgan fingerprint density at radius 3 is 3.28 bits per heavy atom. The molecule has 5 heteroatoms. The minimum Gasteiger partial charge on any atom is -0.477 e. The lowest BCUT2D eigenvalue weighted by Crippen LogP contribution is -2.41. The third kappa shape index (κ3) is 2.31. The van der Waals surface area contributed by atoms with Crippen LogP contribution in [0.25, 0.3) is 0 Å². The Labute approximate surface area is 106 Å². The van der Waals surface area contributed by atoms with Crippen LogP contribution in [0.4, 0.5) is 5.82 Å². The number of amides is 1. The Kier molecular flexibility index (Phi) is 3.15. The van der Waals surface area contributed by atoms with E-state index in [9.17, 15) is 4.79 Å². The molecule has 96 valence electrons. The van der Waals surface area contributed by atoms with E-state index in [0.717, 1.165) is 19.5 Å². The van der Waals surface area contributed by atoms with E-state index >= 15 is 0 Å². The maximum absolute atomic E-state index is 11.9. The second kappa shape index (κ2) is 4.94. The largest absolute Gasteiger partial charge is 0.477 e. The zero-order valence-electron chi connectivity index (χ0n) is 10.2. The summed E-state index contributed by atoms with van der Waals surface area (Å²) in [5.74, 6) is 1.64. The fraction of sp³-hybridized carbons (Fsp3) is 0.538. The van der Waals surface area contributed by atoms with Crippen LogP contribution >= 0.6 is 0 Å². The summed E-state index contributed by atoms with van der Waals surface area (Å²) in [6, 6.07) is 3.66. The Bertz CT molecular complexity index is 444. The predicted molar refractivity (Wildman–Crippen MR) is 67.5 cm³/mol. The van der Waals surface area contributed by atoms with Gasteiger partial charge in [0.05, 0.1) is 0 Å². The molecule has 2 aliphatic heterocycles. The first-order chi connectivity index (χ1) is 8.83. The summed E-state index contributed by atoms with van der Waals surface area (Å²) < 4.78 is 5.74. The van der Waals surface area contributed by atoms with Crippen molar-refractivity contribution in [2.75, 3.05) is 18.4 Å². The molecule has 0 saturated carbocycles. The van der Waals surface area contributed by atoms with Gasteiger partial charge in [-0.15, -0.1) is 0 Å². The molecule has 0 spiro atoms. The van der Waals surface area contributed by atoms with Crippen LogP contribution in [0.5, 0.6) is 5.75 Å². The molecule has 3 heterocycles. The second-order valence-corrected chi connectivity index (χ2v) is 4.89. The number of pyridine rings is 1. The molecule has 1 amide bonds. The molecule has 2 aliphatic rings. The molecule has 0 radical (unpaired) electrons. The number of hydrogen-bond acceptors (Lipinski definition) is 4. The molecular formula is C13H17N3O2. The van der Waals surface area contributed by atoms with E-state index in [1.807, 2.05) is 12.1 Å². The van der Waals surface area contributed by atoms with Gasteiger partial charge in [0.1, 0.15) is 0 Å². The molecule has 2 N–H and O–H groups in total. The smallest absolute Gasteiger partial charge is 0.266 e. The molecule has 2 unspecified atom stereocenters. The Morgan fingerprint density at radius 2 is 2.44 bits per heavy atom. The van der Waals surface area contributed by atoms with Gasteiger partial charge in [-0.2, -0.15) is 0 Å². The van der Waals surface area contributed by atoms with Crippen molar-refractivity contribution in [1.82, 2.24) is 10.3 Å². The summed E-state index contributed by atoms with van der Waals surface area (Å²) in [6.07, 6.45) is 4.38. The van der Waals surface area contributed by atoms with Gasteiger partial charge in [-0.05, 0) is 50.4 Å². The molecule has 2 atom stereocenters. The molecule has 1 aromatic heterocycles. The van der Waals surface area contributed by atoms with E-state index in [1.165, 1.54) is 12.8 Å². The highest BCUT2D eigenvalue weighted by molar-refractivity contribution is 5.96. The zero-order chi connectivity index (χ0) is 12.4. The maximum Gasteiger partial charge on any atom is 0.266 e. The second-order valence-electron chi connectivity index (χ2n) is 4.89. The molecule has 5 nitrogen and oxygen atoms in total. The van der Waals surface area contributed by atoms with E-state index < -0.39 is 0 Å². The molecule has 0 bridgehead atoms. The Morgan fingerprint density at radius 1 is 1.50 bits per heavy atom. The fourth-order valence-electron chi connectivity index (χ4n) is 2.57. The van der Waals surface area contributed by atoms with Crippen LogP contribution in [0, 0.1) is 5.92 Å². The number of nitrogens with one attached hydrogen (secondary N) is 2. The number of rotatable bonds is 2. The molecule has 1 aromatic rings. The van der Waals surface area contributed by atoms with Crippen LogP contribution in [0.1, 0.15) is 19.3 Å². The van der Waals surface area contributed by atoms with Gasteiger partial charge in [-0.1, -0.05) is 0 Å². The minimum absolute atomic E-state index is 0.0771. The molecule has 0 aromatic carbocycles. The summed E-state index contributed by atoms with van der Waals surface area (Å²) >= 11 is 0. The van der Waals surface area contributed by atoms with Crippen molar-refractivity contribution in [3.05, 3.63) is 18.3 Å². The summed E-state index contributed by atoms with van der Waals surface area (Å²) in [7, 11) is 0. The van der Waals surface area contributed by atoms with Gasteiger partial charge in [-0.3, -0.25) is 4.79 Å². The van der Waals surface area contributed by atoms with Gasteiger partial charge in [-0.25, -0.2) is 4.98 Å². The molecule has 3 rings (SSSR count). The number of anilines is 1. The normalized spacial score (nSPS) is 27.0. The number of fused-ring (bicyclic) bond motifs is 1. The van der Waals surface area contributed by atoms with Crippen LogP contribution in [-0.2, 0) is 4.79 Å². The molecule has 1 fully saturated rings. The molecule has 18 heavy (non-hydrogen) atoms. The average molecular weight is 247 g/mol. The van der Waals surface area contributed by atoms with Crippen molar-refractivity contribution < 1.29 is 9.53 Å².